The first kappa shape index (κ1) is 17.1. The zero-order valence-electron chi connectivity index (χ0n) is 11.3. The zero-order valence-corrected chi connectivity index (χ0v) is 12.2. The molecule has 0 aromatic heterocycles. The number of nitrogens with two attached hydrogens (primary N) is 1. The number of hydrogen-bond acceptors (Lipinski definition) is 9. The van der Waals surface area contributed by atoms with E-state index >= 15 is 0 Å². The summed E-state index contributed by atoms with van der Waals surface area (Å²) in [5, 5.41) is 19.8. The number of hydrogen-bond donors (Lipinski definition) is 3. The van der Waals surface area contributed by atoms with E-state index in [1.54, 1.807) is 6.08 Å². The molecule has 2 heterocycles. The molecule has 0 unspecified atom stereocenters. The average Bonchev–Trinajstić information content (AvgIpc) is 2.72. The summed E-state index contributed by atoms with van der Waals surface area (Å²) in [6, 6.07) is 0. The quantitative estimate of drug-likeness (QED) is 0.440. The predicted octanol–water partition coefficient (Wildman–Crippen LogP) is -3.13. The molecule has 4 N–H and O–H groups in total. The Kier molecular flexibility index (Phi) is 5.03. The van der Waals surface area contributed by atoms with Crippen LogP contribution >= 0.6 is 7.82 Å². The number of phosphoric ester groups is 1. The third-order valence-electron chi connectivity index (χ3n) is 3.26. The summed E-state index contributed by atoms with van der Waals surface area (Å²) in [5.41, 5.74) is 5.45. The minimum absolute atomic E-state index is 0.274. The van der Waals surface area contributed by atoms with Gasteiger partial charge in [-0.2, -0.15) is 0 Å². The van der Waals surface area contributed by atoms with E-state index in [0.717, 1.165) is 0 Å². The number of aliphatic hydroxyl groups excluding tert-OH is 2. The number of phosphoric acid groups is 1. The fraction of sp³-hybridized carbons (Fsp3) is 0.545. The number of rotatable bonds is 5. The van der Waals surface area contributed by atoms with E-state index in [1.807, 2.05) is 0 Å². The Morgan fingerprint density at radius 1 is 1.50 bits per heavy atom. The van der Waals surface area contributed by atoms with Crippen LogP contribution in [0.3, 0.4) is 0 Å². The number of aliphatic hydroxyl groups is 2. The van der Waals surface area contributed by atoms with E-state index in [0.29, 0.717) is 6.42 Å². The molecule has 4 atom stereocenters. The topological polar surface area (TPSA) is 168 Å². The van der Waals surface area contributed by atoms with Gasteiger partial charge in [-0.1, -0.05) is 6.08 Å². The van der Waals surface area contributed by atoms with Crippen molar-refractivity contribution in [1.29, 1.82) is 0 Å². The maximum atomic E-state index is 11.2. The third-order valence-corrected chi connectivity index (χ3v) is 3.73. The lowest BCUT2D eigenvalue weighted by Gasteiger charge is -2.30. The maximum absolute atomic E-state index is 11.2. The van der Waals surface area contributed by atoms with E-state index in [1.165, 1.54) is 17.3 Å². The van der Waals surface area contributed by atoms with Gasteiger partial charge in [-0.15, -0.1) is 0 Å². The Hall–Kier alpha value is -1.26. The van der Waals surface area contributed by atoms with Crippen LogP contribution in [0.25, 0.3) is 0 Å². The molecular formula is C11H15N2O8P-2. The van der Waals surface area contributed by atoms with Gasteiger partial charge >= 0.3 is 0 Å². The largest absolute Gasteiger partial charge is 0.790 e. The summed E-state index contributed by atoms with van der Waals surface area (Å²) in [5.74, 6) is -0.638. The van der Waals surface area contributed by atoms with Gasteiger partial charge in [0.05, 0.1) is 14.4 Å². The Morgan fingerprint density at radius 3 is 2.77 bits per heavy atom. The fourth-order valence-corrected chi connectivity index (χ4v) is 2.51. The van der Waals surface area contributed by atoms with Crippen molar-refractivity contribution >= 4 is 13.7 Å². The van der Waals surface area contributed by atoms with Gasteiger partial charge in [0.25, 0.3) is 0 Å². The van der Waals surface area contributed by atoms with Crippen LogP contribution in [0.15, 0.2) is 24.0 Å². The molecule has 10 nitrogen and oxygen atoms in total. The van der Waals surface area contributed by atoms with Crippen molar-refractivity contribution in [2.75, 3.05) is 6.61 Å². The lowest BCUT2D eigenvalue weighted by atomic mass is 10.1. The molecule has 0 bridgehead atoms. The Labute approximate surface area is 125 Å². The molecular weight excluding hydrogens is 319 g/mol. The Morgan fingerprint density at radius 2 is 2.18 bits per heavy atom. The van der Waals surface area contributed by atoms with Crippen LogP contribution in [0.1, 0.15) is 6.42 Å². The summed E-state index contributed by atoms with van der Waals surface area (Å²) in [4.78, 5) is 33.4. The predicted molar refractivity (Wildman–Crippen MR) is 67.1 cm³/mol. The first-order valence-electron chi connectivity index (χ1n) is 6.32. The third kappa shape index (κ3) is 3.93. The number of carbonyl (C=O) groups excluding carboxylic acids is 1. The number of carbonyl (C=O) groups is 1. The van der Waals surface area contributed by atoms with Gasteiger partial charge in [0.2, 0.25) is 5.91 Å². The van der Waals surface area contributed by atoms with E-state index in [9.17, 15) is 29.4 Å². The second-order valence-electron chi connectivity index (χ2n) is 4.84. The van der Waals surface area contributed by atoms with E-state index in [2.05, 4.69) is 4.52 Å². The van der Waals surface area contributed by atoms with Crippen molar-refractivity contribution < 1.29 is 38.6 Å². The molecule has 0 radical (unpaired) electrons. The van der Waals surface area contributed by atoms with Gasteiger partial charge in [-0.05, 0) is 6.42 Å². The lowest BCUT2D eigenvalue weighted by molar-refractivity contribution is -0.343. The van der Waals surface area contributed by atoms with Crippen LogP contribution in [0.5, 0.6) is 0 Å². The Balaban J connectivity index is 2.06. The minimum Gasteiger partial charge on any atom is -0.790 e. The average molecular weight is 334 g/mol. The second-order valence-corrected chi connectivity index (χ2v) is 6.00. The zero-order chi connectivity index (χ0) is 16.5. The van der Waals surface area contributed by atoms with Crippen molar-refractivity contribution in [1.82, 2.24) is 4.90 Å². The molecule has 1 amide bonds. The van der Waals surface area contributed by atoms with Gasteiger partial charge in [0.15, 0.2) is 6.23 Å². The first-order chi connectivity index (χ1) is 10.2. The van der Waals surface area contributed by atoms with E-state index in [-0.39, 0.29) is 5.57 Å². The molecule has 0 aromatic carbocycles. The molecule has 11 heteroatoms. The molecule has 0 spiro atoms. The van der Waals surface area contributed by atoms with Gasteiger partial charge < -0.3 is 44.5 Å². The highest BCUT2D eigenvalue weighted by molar-refractivity contribution is 7.43. The normalized spacial score (nSPS) is 32.2. The summed E-state index contributed by atoms with van der Waals surface area (Å²) in [7, 11) is -5.21. The van der Waals surface area contributed by atoms with Crippen molar-refractivity contribution in [2.45, 2.75) is 31.0 Å². The van der Waals surface area contributed by atoms with E-state index < -0.39 is 44.9 Å². The number of primary amides is 1. The molecule has 1 fully saturated rings. The maximum Gasteiger partial charge on any atom is 0.246 e. The van der Waals surface area contributed by atoms with Gasteiger partial charge in [0, 0.05) is 18.0 Å². The number of ether oxygens (including phenoxy) is 1. The molecule has 2 aliphatic heterocycles. The molecule has 0 aromatic rings. The van der Waals surface area contributed by atoms with Crippen LogP contribution in [0.4, 0.5) is 0 Å². The molecule has 0 aliphatic carbocycles. The smallest absolute Gasteiger partial charge is 0.246 e. The highest BCUT2D eigenvalue weighted by Crippen LogP contribution is 2.31. The first-order valence-corrected chi connectivity index (χ1v) is 7.78. The summed E-state index contributed by atoms with van der Waals surface area (Å²) < 4.78 is 19.8. The van der Waals surface area contributed by atoms with Crippen molar-refractivity contribution in [2.24, 2.45) is 5.73 Å². The van der Waals surface area contributed by atoms with Crippen LogP contribution in [-0.4, -0.2) is 52.2 Å². The number of amides is 1. The fourth-order valence-electron chi connectivity index (χ4n) is 2.18. The summed E-state index contributed by atoms with van der Waals surface area (Å²) in [6.45, 7) is -0.719. The molecule has 22 heavy (non-hydrogen) atoms. The number of allylic oxidation sites excluding steroid dienone is 1. The van der Waals surface area contributed by atoms with Crippen molar-refractivity contribution in [3.63, 3.8) is 0 Å². The van der Waals surface area contributed by atoms with Crippen LogP contribution in [0.2, 0.25) is 0 Å². The van der Waals surface area contributed by atoms with Gasteiger partial charge in [-0.3, -0.25) is 4.79 Å². The Bertz CT molecular complexity index is 544. The second kappa shape index (κ2) is 6.47. The van der Waals surface area contributed by atoms with Crippen LogP contribution in [-0.2, 0) is 18.6 Å². The molecule has 2 rings (SSSR count). The molecule has 1 saturated heterocycles. The standard InChI is InChI=1S/C11H17N2O8P/c12-10(16)6-2-1-3-13(4-6)11-9(15)8(14)7(21-11)5-20-22(17,18)19/h1,3-4,7-9,11,14-15H,2,5H2,(H2,12,16)(H2,17,18,19)/p-2/t7-,8-,9-,11-/m0/s1. The van der Waals surface area contributed by atoms with Gasteiger partial charge in [0.1, 0.15) is 18.3 Å². The summed E-state index contributed by atoms with van der Waals surface area (Å²) in [6.07, 6.45) is -0.351. The monoisotopic (exact) mass is 334 g/mol. The van der Waals surface area contributed by atoms with Crippen molar-refractivity contribution in [3.05, 3.63) is 24.0 Å². The number of nitrogens with zero attached hydrogens (tertiary/aromatic N) is 1. The highest BCUT2D eigenvalue weighted by atomic mass is 31.2. The summed E-state index contributed by atoms with van der Waals surface area (Å²) >= 11 is 0. The van der Waals surface area contributed by atoms with Gasteiger partial charge in [-0.25, -0.2) is 0 Å². The van der Waals surface area contributed by atoms with E-state index in [4.69, 9.17) is 10.5 Å². The lowest BCUT2D eigenvalue weighted by Crippen LogP contribution is -2.40. The molecule has 2 aliphatic rings. The van der Waals surface area contributed by atoms with Crippen LogP contribution < -0.4 is 15.5 Å². The molecule has 124 valence electrons. The van der Waals surface area contributed by atoms with Crippen molar-refractivity contribution in [3.8, 4) is 0 Å². The minimum atomic E-state index is -5.21. The highest BCUT2D eigenvalue weighted by Gasteiger charge is 2.45. The molecule has 0 saturated carbocycles. The SMILES string of the molecule is NC(=O)C1=CN([C@H]2O[C@@H](COP(=O)([O-])[O-])[C@H](O)[C@@H]2O)C=CC1. The van der Waals surface area contributed by atoms with Crippen LogP contribution in [0, 0.1) is 0 Å².